The molecule has 0 bridgehead atoms. The largest absolute Gasteiger partial charge is 1.00 e. The van der Waals surface area contributed by atoms with Gasteiger partial charge in [0.1, 0.15) is 0 Å². The van der Waals surface area contributed by atoms with Gasteiger partial charge in [-0.2, -0.15) is 42.0 Å². The van der Waals surface area contributed by atoms with Gasteiger partial charge >= 0.3 is 112 Å². The first-order valence-electron chi connectivity index (χ1n) is 18.2. The molecule has 272 valence electrons. The van der Waals surface area contributed by atoms with Crippen LogP contribution in [-0.2, 0) is 41.5 Å². The van der Waals surface area contributed by atoms with Gasteiger partial charge in [-0.15, -0.1) is 11.1 Å². The molecule has 0 unspecified atom stereocenters. The zero-order valence-corrected chi connectivity index (χ0v) is 36.1. The van der Waals surface area contributed by atoms with Crippen LogP contribution in [-0.4, -0.2) is 3.21 Å². The molecular weight excluding hydrogens is 775 g/mol. The third-order valence-corrected chi connectivity index (χ3v) is 11.9. The summed E-state index contributed by atoms with van der Waals surface area (Å²) in [7, 11) is 0. The number of rotatable bonds is 6. The number of halogens is 2. The molecule has 0 saturated carbocycles. The van der Waals surface area contributed by atoms with Crippen molar-refractivity contribution in [1.82, 2.24) is 0 Å². The van der Waals surface area contributed by atoms with E-state index in [0.29, 0.717) is 0 Å². The summed E-state index contributed by atoms with van der Waals surface area (Å²) in [5.41, 5.74) is 16.0. The molecule has 0 atom stereocenters. The molecule has 7 aromatic carbocycles. The molecule has 1 aliphatic carbocycles. The predicted octanol–water partition coefficient (Wildman–Crippen LogP) is 6.54. The first-order chi connectivity index (χ1) is 25.0. The van der Waals surface area contributed by atoms with E-state index in [0.717, 1.165) is 6.42 Å². The number of aryl methyl sites for hydroxylation is 2. The first-order valence-corrected chi connectivity index (χ1v) is 19.5. The van der Waals surface area contributed by atoms with Gasteiger partial charge in [0, 0.05) is 5.41 Å². The zero-order chi connectivity index (χ0) is 36.7. The Hall–Kier alpha value is -4.00. The topological polar surface area (TPSA) is 0 Å². The Bertz CT molecular complexity index is 2050. The number of hydrogen-bond acceptors (Lipinski definition) is 0. The van der Waals surface area contributed by atoms with Crippen LogP contribution in [0, 0.1) is 19.9 Å². The summed E-state index contributed by atoms with van der Waals surface area (Å²) < 4.78 is 1.42. The van der Waals surface area contributed by atoms with Crippen molar-refractivity contribution < 1.29 is 49.0 Å². The minimum Gasteiger partial charge on any atom is -1.00 e. The Labute approximate surface area is 351 Å². The van der Waals surface area contributed by atoms with E-state index >= 15 is 0 Å². The molecule has 0 N–H and O–H groups in total. The van der Waals surface area contributed by atoms with E-state index in [2.05, 4.69) is 187 Å². The summed E-state index contributed by atoms with van der Waals surface area (Å²) in [6.45, 7) is 13.5. The molecule has 0 spiro atoms. The van der Waals surface area contributed by atoms with Crippen molar-refractivity contribution in [3.63, 3.8) is 0 Å². The molecule has 0 heterocycles. The van der Waals surface area contributed by atoms with Gasteiger partial charge in [-0.05, 0) is 28.5 Å². The van der Waals surface area contributed by atoms with Gasteiger partial charge in [0.2, 0.25) is 0 Å². The van der Waals surface area contributed by atoms with Gasteiger partial charge < -0.3 is 24.8 Å². The van der Waals surface area contributed by atoms with Crippen molar-refractivity contribution in [2.45, 2.75) is 58.8 Å². The van der Waals surface area contributed by atoms with Crippen LogP contribution < -0.4 is 24.8 Å². The molecule has 1 aliphatic rings. The van der Waals surface area contributed by atoms with Crippen molar-refractivity contribution in [3.8, 4) is 11.1 Å². The fraction of sp³-hybridized carbons (Fsp3) is 0.176. The third kappa shape index (κ3) is 10.00. The molecular formula is C51H48Cl2Zr-2. The van der Waals surface area contributed by atoms with E-state index in [1.165, 1.54) is 94.2 Å². The van der Waals surface area contributed by atoms with E-state index in [1.54, 1.807) is 0 Å². The average molecular weight is 823 g/mol. The van der Waals surface area contributed by atoms with Crippen molar-refractivity contribution >= 4 is 3.21 Å². The van der Waals surface area contributed by atoms with Gasteiger partial charge in [-0.3, -0.25) is 0 Å². The molecule has 0 aliphatic heterocycles. The van der Waals surface area contributed by atoms with E-state index < -0.39 is 0 Å². The quantitative estimate of drug-likeness (QED) is 0.167. The van der Waals surface area contributed by atoms with Crippen molar-refractivity contribution in [2.24, 2.45) is 0 Å². The molecule has 0 radical (unpaired) electrons. The Balaban J connectivity index is 0.000000236. The van der Waals surface area contributed by atoms with Crippen LogP contribution in [0.3, 0.4) is 0 Å². The molecule has 0 nitrogen and oxygen atoms in total. The molecule has 0 aromatic heterocycles. The van der Waals surface area contributed by atoms with E-state index in [1.807, 2.05) is 30.3 Å². The summed E-state index contributed by atoms with van der Waals surface area (Å²) in [6, 6.07) is 64.4. The molecule has 0 saturated heterocycles. The van der Waals surface area contributed by atoms with Gasteiger partial charge in [-0.1, -0.05) is 118 Å². The van der Waals surface area contributed by atoms with Crippen LogP contribution in [0.1, 0.15) is 83.3 Å². The smallest absolute Gasteiger partial charge is 0.172 e. The second-order valence-corrected chi connectivity index (χ2v) is 16.1. The van der Waals surface area contributed by atoms with Crippen LogP contribution in [0.2, 0.25) is 0 Å². The molecule has 54 heavy (non-hydrogen) atoms. The fourth-order valence-electron chi connectivity index (χ4n) is 6.81. The minimum atomic E-state index is -0.0591. The summed E-state index contributed by atoms with van der Waals surface area (Å²) in [4.78, 5) is 0. The normalized spacial score (nSPS) is 11.3. The summed E-state index contributed by atoms with van der Waals surface area (Å²) in [5, 5.41) is 0. The molecule has 0 amide bonds. The summed E-state index contributed by atoms with van der Waals surface area (Å²) in [6.07, 6.45) is 0.975. The maximum Gasteiger partial charge on any atom is -0.172 e. The monoisotopic (exact) mass is 820 g/mol. The molecule has 3 heteroatoms. The summed E-state index contributed by atoms with van der Waals surface area (Å²) in [5.74, 6) is 0. The second kappa shape index (κ2) is 19.0. The van der Waals surface area contributed by atoms with Gasteiger partial charge in [0.25, 0.3) is 0 Å². The standard InChI is InChI=1S/C31H29.C15H14.C5H5.2ClH.Zr/c1-30(2,24-11-7-5-8-12-24)26-17-15-22-19-23-16-18-27(21-29(23)28(22)20-26)31(3,4)25-13-9-6-10-14-25;1-12-3-7-14(8-4-12)11-15-9-5-13(2)6-10-15;1-2-4-5-3-1;;;/h5-15,17-18,20-21H,19H2,1-4H3;3-10H,1-2H3;1-5H;2*1H;/q-1;;-1;;;+2/p-2. The van der Waals surface area contributed by atoms with E-state index in [-0.39, 0.29) is 35.6 Å². The Morgan fingerprint density at radius 3 is 1.46 bits per heavy atom. The van der Waals surface area contributed by atoms with Crippen molar-refractivity contribution in [3.05, 3.63) is 232 Å². The molecule has 0 fully saturated rings. The van der Waals surface area contributed by atoms with Crippen LogP contribution in [0.15, 0.2) is 170 Å². The van der Waals surface area contributed by atoms with Gasteiger partial charge in [0.15, 0.2) is 0 Å². The minimum absolute atomic E-state index is 0. The number of benzene rings is 6. The van der Waals surface area contributed by atoms with Crippen molar-refractivity contribution in [2.75, 3.05) is 0 Å². The van der Waals surface area contributed by atoms with Crippen LogP contribution in [0.4, 0.5) is 0 Å². The Kier molecular flexibility index (Phi) is 15.1. The van der Waals surface area contributed by atoms with Crippen molar-refractivity contribution in [1.29, 1.82) is 0 Å². The predicted molar refractivity (Wildman–Crippen MR) is 218 cm³/mol. The Morgan fingerprint density at radius 2 is 1.00 bits per heavy atom. The number of hydrogen-bond donors (Lipinski definition) is 0. The maximum absolute atomic E-state index is 3.63. The SMILES string of the molecule is CC(C)(c1ccccc1)c1c[c-]c2c(c1)-c1cc(C(C)(C)c3ccccc3)ccc1C2.Cc1ccc([C](=[Zr+2])c2ccc(C)cc2)cc1.[Cl-].[Cl-].c1cc[cH-]c1. The van der Waals surface area contributed by atoms with E-state index in [9.17, 15) is 0 Å². The molecule has 8 rings (SSSR count). The van der Waals surface area contributed by atoms with Gasteiger partial charge in [0.05, 0.1) is 0 Å². The van der Waals surface area contributed by atoms with Crippen LogP contribution >= 0.6 is 0 Å². The van der Waals surface area contributed by atoms with E-state index in [4.69, 9.17) is 0 Å². The van der Waals surface area contributed by atoms with Crippen LogP contribution in [0.5, 0.6) is 0 Å². The molecule has 7 aromatic rings. The summed E-state index contributed by atoms with van der Waals surface area (Å²) >= 11 is 1.46. The average Bonchev–Trinajstić information content (AvgIpc) is 3.88. The van der Waals surface area contributed by atoms with Gasteiger partial charge in [-0.25, -0.2) is 12.1 Å². The Morgan fingerprint density at radius 1 is 0.537 bits per heavy atom. The zero-order valence-electron chi connectivity index (χ0n) is 32.1. The maximum atomic E-state index is 3.63. The third-order valence-electron chi connectivity index (χ3n) is 10.5. The fourth-order valence-corrected chi connectivity index (χ4v) is 7.63. The van der Waals surface area contributed by atoms with Crippen LogP contribution in [0.25, 0.3) is 11.1 Å². The first kappa shape index (κ1) is 42.7. The second-order valence-electron chi connectivity index (χ2n) is 14.9. The number of fused-ring (bicyclic) bond motifs is 3.